The Balaban J connectivity index is 3.63. The van der Waals surface area contributed by atoms with Gasteiger partial charge < -0.3 is 4.74 Å². The van der Waals surface area contributed by atoms with Gasteiger partial charge in [0.05, 0.1) is 18.1 Å². The lowest BCUT2D eigenvalue weighted by molar-refractivity contribution is -0.386. The summed E-state index contributed by atoms with van der Waals surface area (Å²) >= 11 is 1.55. The minimum Gasteiger partial charge on any atom is -0.496 e. The number of nitrogens with zero attached hydrogens (tertiary/aromatic N) is 1. The van der Waals surface area contributed by atoms with Crippen LogP contribution in [0.2, 0.25) is 0 Å². The number of nitro benzene ring substituents is 1. The highest BCUT2D eigenvalue weighted by molar-refractivity contribution is 14.1. The fourth-order valence-corrected chi connectivity index (χ4v) is 3.70. The predicted molar refractivity (Wildman–Crippen MR) is 65.4 cm³/mol. The van der Waals surface area contributed by atoms with Crippen molar-refractivity contribution < 1.29 is 18.1 Å². The molecule has 88 valence electrons. The van der Waals surface area contributed by atoms with Crippen LogP contribution in [0.25, 0.3) is 0 Å². The third-order valence-electron chi connectivity index (χ3n) is 1.69. The summed E-state index contributed by atoms with van der Waals surface area (Å²) in [6.45, 7) is 0. The van der Waals surface area contributed by atoms with Crippen LogP contribution in [0, 0.1) is 13.7 Å². The van der Waals surface area contributed by atoms with Gasteiger partial charge in [-0.25, -0.2) is 8.42 Å². The normalized spacial score (nSPS) is 11.2. The van der Waals surface area contributed by atoms with Gasteiger partial charge in [-0.1, -0.05) is 0 Å². The number of ether oxygens (including phenoxy) is 1. The zero-order valence-electron chi connectivity index (χ0n) is 7.81. The molecule has 0 aliphatic carbocycles. The van der Waals surface area contributed by atoms with Crippen LogP contribution in [0.1, 0.15) is 0 Å². The minimum atomic E-state index is -4.04. The molecule has 0 N–H and O–H groups in total. The van der Waals surface area contributed by atoms with E-state index in [9.17, 15) is 18.5 Å². The Morgan fingerprint density at radius 1 is 1.50 bits per heavy atom. The first kappa shape index (κ1) is 13.5. The van der Waals surface area contributed by atoms with Crippen molar-refractivity contribution in [1.82, 2.24) is 0 Å². The highest BCUT2D eigenvalue weighted by Gasteiger charge is 2.24. The van der Waals surface area contributed by atoms with Crippen molar-refractivity contribution in [2.75, 3.05) is 7.11 Å². The van der Waals surface area contributed by atoms with Crippen LogP contribution >= 0.6 is 33.3 Å². The maximum atomic E-state index is 11.2. The molecule has 0 saturated carbocycles. The Morgan fingerprint density at radius 3 is 2.44 bits per heavy atom. The number of nitro groups is 1. The van der Waals surface area contributed by atoms with E-state index in [1.165, 1.54) is 7.11 Å². The molecule has 0 aromatic heterocycles. The molecule has 0 saturated heterocycles. The molecule has 9 heteroatoms. The highest BCUT2D eigenvalue weighted by Crippen LogP contribution is 2.34. The van der Waals surface area contributed by atoms with Gasteiger partial charge in [0.15, 0.2) is 0 Å². The number of hydrogen-bond acceptors (Lipinski definition) is 5. The zero-order chi connectivity index (χ0) is 12.5. The molecule has 0 unspecified atom stereocenters. The molecule has 1 rings (SSSR count). The second kappa shape index (κ2) is 4.72. The Morgan fingerprint density at radius 2 is 2.06 bits per heavy atom. The fraction of sp³-hybridized carbons (Fsp3) is 0.143. The van der Waals surface area contributed by atoms with Crippen LogP contribution in [0.5, 0.6) is 5.75 Å². The van der Waals surface area contributed by atoms with E-state index < -0.39 is 14.0 Å². The van der Waals surface area contributed by atoms with Gasteiger partial charge in [0.25, 0.3) is 14.7 Å². The molecule has 0 radical (unpaired) electrons. The molecule has 1 aromatic carbocycles. The van der Waals surface area contributed by atoms with Gasteiger partial charge in [-0.15, -0.1) is 0 Å². The Hall–Kier alpha value is -0.610. The van der Waals surface area contributed by atoms with E-state index in [0.29, 0.717) is 0 Å². The van der Waals surface area contributed by atoms with Crippen molar-refractivity contribution in [2.45, 2.75) is 4.90 Å². The fourth-order valence-electron chi connectivity index (χ4n) is 0.987. The molecule has 1 aromatic rings. The van der Waals surface area contributed by atoms with E-state index in [1.807, 2.05) is 0 Å². The SMILES string of the molecule is COc1cc([N+](=O)[O-])c(I)c(S(=O)(=O)Cl)c1. The number of halogens is 2. The van der Waals surface area contributed by atoms with Gasteiger partial charge in [-0.2, -0.15) is 0 Å². The molecule has 16 heavy (non-hydrogen) atoms. The molecule has 0 aliphatic heterocycles. The number of benzene rings is 1. The van der Waals surface area contributed by atoms with Gasteiger partial charge >= 0.3 is 0 Å². The van der Waals surface area contributed by atoms with Gasteiger partial charge in [-0.05, 0) is 22.6 Å². The molecule has 0 fully saturated rings. The van der Waals surface area contributed by atoms with E-state index in [-0.39, 0.29) is 19.9 Å². The van der Waals surface area contributed by atoms with Crippen molar-refractivity contribution in [3.8, 4) is 5.75 Å². The molecule has 0 heterocycles. The van der Waals surface area contributed by atoms with E-state index in [1.54, 1.807) is 22.6 Å². The molecule has 0 bridgehead atoms. The summed E-state index contributed by atoms with van der Waals surface area (Å²) in [6.07, 6.45) is 0. The highest BCUT2D eigenvalue weighted by atomic mass is 127. The summed E-state index contributed by atoms with van der Waals surface area (Å²) in [4.78, 5) is 9.65. The van der Waals surface area contributed by atoms with Crippen molar-refractivity contribution in [1.29, 1.82) is 0 Å². The molecule has 0 aliphatic rings. The topological polar surface area (TPSA) is 86.5 Å². The first-order valence-corrected chi connectivity index (χ1v) is 7.12. The second-order valence-corrected chi connectivity index (χ2v) is 6.27. The van der Waals surface area contributed by atoms with Gasteiger partial charge in [0, 0.05) is 16.7 Å². The first-order valence-electron chi connectivity index (χ1n) is 3.74. The Kier molecular flexibility index (Phi) is 3.97. The van der Waals surface area contributed by atoms with Crippen molar-refractivity contribution >= 4 is 48.0 Å². The maximum Gasteiger partial charge on any atom is 0.287 e. The lowest BCUT2D eigenvalue weighted by atomic mass is 10.3. The largest absolute Gasteiger partial charge is 0.496 e. The van der Waals surface area contributed by atoms with Crippen LogP contribution in [0.15, 0.2) is 17.0 Å². The summed E-state index contributed by atoms with van der Waals surface area (Å²) in [5, 5.41) is 10.7. The van der Waals surface area contributed by atoms with E-state index >= 15 is 0 Å². The molecule has 6 nitrogen and oxygen atoms in total. The monoisotopic (exact) mass is 377 g/mol. The molecular formula is C7H5ClINO5S. The average molecular weight is 378 g/mol. The summed E-state index contributed by atoms with van der Waals surface area (Å²) in [5.41, 5.74) is -0.362. The Bertz CT molecular complexity index is 544. The van der Waals surface area contributed by atoms with E-state index in [0.717, 1.165) is 12.1 Å². The van der Waals surface area contributed by atoms with Crippen LogP contribution in [-0.2, 0) is 9.05 Å². The lowest BCUT2D eigenvalue weighted by Crippen LogP contribution is -2.01. The van der Waals surface area contributed by atoms with Crippen LogP contribution in [0.3, 0.4) is 0 Å². The Labute approximate surface area is 109 Å². The summed E-state index contributed by atoms with van der Waals surface area (Å²) in [6, 6.07) is 2.27. The summed E-state index contributed by atoms with van der Waals surface area (Å²) in [7, 11) is 2.39. The maximum absolute atomic E-state index is 11.2. The smallest absolute Gasteiger partial charge is 0.287 e. The third-order valence-corrected chi connectivity index (χ3v) is 4.53. The van der Waals surface area contributed by atoms with Crippen LogP contribution in [0.4, 0.5) is 5.69 Å². The van der Waals surface area contributed by atoms with Crippen molar-refractivity contribution in [2.24, 2.45) is 0 Å². The van der Waals surface area contributed by atoms with Gasteiger partial charge in [0.1, 0.15) is 14.2 Å². The standard InChI is InChI=1S/C7H5ClINO5S/c1-15-4-2-5(10(11)12)7(9)6(3-4)16(8,13)14/h2-3H,1H3. The summed E-state index contributed by atoms with van der Waals surface area (Å²) < 4.78 is 27.1. The molecular weight excluding hydrogens is 373 g/mol. The average Bonchev–Trinajstić information content (AvgIpc) is 2.15. The van der Waals surface area contributed by atoms with Gasteiger partial charge in [0.2, 0.25) is 0 Å². The quantitative estimate of drug-likeness (QED) is 0.349. The molecule has 0 atom stereocenters. The van der Waals surface area contributed by atoms with Gasteiger partial charge in [-0.3, -0.25) is 10.1 Å². The van der Waals surface area contributed by atoms with E-state index in [2.05, 4.69) is 0 Å². The zero-order valence-corrected chi connectivity index (χ0v) is 11.5. The van der Waals surface area contributed by atoms with Crippen molar-refractivity contribution in [3.05, 3.63) is 25.8 Å². The number of methoxy groups -OCH3 is 1. The van der Waals surface area contributed by atoms with Crippen molar-refractivity contribution in [3.63, 3.8) is 0 Å². The minimum absolute atomic E-state index is 0.0431. The predicted octanol–water partition coefficient (Wildman–Crippen LogP) is 2.14. The molecule has 0 spiro atoms. The van der Waals surface area contributed by atoms with Crippen LogP contribution in [-0.4, -0.2) is 20.5 Å². The first-order chi connectivity index (χ1) is 7.27. The number of hydrogen-bond donors (Lipinski definition) is 0. The third kappa shape index (κ3) is 2.74. The van der Waals surface area contributed by atoms with E-state index in [4.69, 9.17) is 15.4 Å². The number of rotatable bonds is 3. The second-order valence-electron chi connectivity index (χ2n) is 2.65. The molecule has 0 amide bonds. The summed E-state index contributed by atoms with van der Waals surface area (Å²) in [5.74, 6) is 0.0614. The lowest BCUT2D eigenvalue weighted by Gasteiger charge is -2.05. The van der Waals surface area contributed by atoms with Crippen LogP contribution < -0.4 is 4.74 Å².